The average molecular weight is 418 g/mol. The van der Waals surface area contributed by atoms with E-state index in [1.165, 1.54) is 5.56 Å². The van der Waals surface area contributed by atoms with E-state index in [0.717, 1.165) is 21.9 Å². The van der Waals surface area contributed by atoms with E-state index in [-0.39, 0.29) is 24.0 Å². The van der Waals surface area contributed by atoms with Crippen LogP contribution in [-0.2, 0) is 10.2 Å². The summed E-state index contributed by atoms with van der Waals surface area (Å²) >= 11 is 1.80. The second-order valence-corrected chi connectivity index (χ2v) is 9.59. The molecule has 4 rings (SSSR count). The Kier molecular flexibility index (Phi) is 5.87. The second-order valence-electron chi connectivity index (χ2n) is 8.53. The van der Waals surface area contributed by atoms with Crippen molar-refractivity contribution in [1.82, 2.24) is 0 Å². The number of nitrogens with zero attached hydrogens (tertiary/aromatic N) is 1. The highest BCUT2D eigenvalue weighted by Crippen LogP contribution is 2.43. The van der Waals surface area contributed by atoms with Crippen molar-refractivity contribution in [1.29, 1.82) is 0 Å². The number of anilines is 1. The van der Waals surface area contributed by atoms with Crippen LogP contribution in [0.15, 0.2) is 83.8 Å². The van der Waals surface area contributed by atoms with Crippen molar-refractivity contribution in [2.75, 3.05) is 17.3 Å². The lowest BCUT2D eigenvalue weighted by molar-refractivity contribution is -0.121. The molecule has 3 aromatic rings. The minimum absolute atomic E-state index is 0.00883. The first-order valence-electron chi connectivity index (χ1n) is 10.3. The summed E-state index contributed by atoms with van der Waals surface area (Å²) in [5.41, 5.74) is 3.43. The van der Waals surface area contributed by atoms with Crippen molar-refractivity contribution < 1.29 is 9.53 Å². The Balaban J connectivity index is 1.55. The van der Waals surface area contributed by atoms with Crippen molar-refractivity contribution in [3.8, 4) is 5.75 Å². The van der Waals surface area contributed by atoms with Gasteiger partial charge in [0.1, 0.15) is 5.75 Å². The Bertz CT molecular complexity index is 1010. The second kappa shape index (κ2) is 8.57. The number of hydrogen-bond donors (Lipinski definition) is 0. The lowest BCUT2D eigenvalue weighted by Gasteiger charge is -2.37. The number of para-hydroxylation sites is 1. The highest BCUT2D eigenvalue weighted by Gasteiger charge is 2.32. The smallest absolute Gasteiger partial charge is 0.265 e. The van der Waals surface area contributed by atoms with Gasteiger partial charge in [0.15, 0.2) is 6.61 Å². The number of fused-ring (bicyclic) bond motifs is 1. The Hall–Kier alpha value is -2.72. The molecule has 0 radical (unpaired) electrons. The van der Waals surface area contributed by atoms with Gasteiger partial charge in [-0.05, 0) is 40.8 Å². The molecule has 1 aliphatic rings. The van der Waals surface area contributed by atoms with E-state index in [4.69, 9.17) is 4.74 Å². The van der Waals surface area contributed by atoms with Crippen molar-refractivity contribution in [3.05, 3.63) is 90.0 Å². The number of rotatable bonds is 4. The van der Waals surface area contributed by atoms with Crippen LogP contribution in [0.4, 0.5) is 5.69 Å². The lowest BCUT2D eigenvalue weighted by atomic mass is 9.87. The van der Waals surface area contributed by atoms with Crippen LogP contribution in [-0.4, -0.2) is 18.3 Å². The van der Waals surface area contributed by atoms with Crippen LogP contribution in [0.2, 0.25) is 0 Å². The van der Waals surface area contributed by atoms with Crippen LogP contribution in [0.5, 0.6) is 5.75 Å². The van der Waals surface area contributed by atoms with E-state index in [0.29, 0.717) is 5.75 Å². The molecule has 0 aromatic heterocycles. The predicted octanol–water partition coefficient (Wildman–Crippen LogP) is 6.24. The first-order valence-corrected chi connectivity index (χ1v) is 11.2. The summed E-state index contributed by atoms with van der Waals surface area (Å²) < 4.78 is 5.89. The molecule has 4 heteroatoms. The summed E-state index contributed by atoms with van der Waals surface area (Å²) in [6, 6.07) is 26.4. The highest BCUT2D eigenvalue weighted by molar-refractivity contribution is 7.99. The van der Waals surface area contributed by atoms with Gasteiger partial charge in [-0.15, -0.1) is 11.8 Å². The van der Waals surface area contributed by atoms with Crippen LogP contribution < -0.4 is 9.64 Å². The van der Waals surface area contributed by atoms with Gasteiger partial charge in [0.05, 0.1) is 11.7 Å². The number of ether oxygens (including phenoxy) is 1. The molecular weight excluding hydrogens is 390 g/mol. The van der Waals surface area contributed by atoms with Gasteiger partial charge in [-0.25, -0.2) is 0 Å². The zero-order valence-electron chi connectivity index (χ0n) is 17.7. The fourth-order valence-corrected chi connectivity index (χ4v) is 4.85. The Morgan fingerprint density at radius 1 is 0.967 bits per heavy atom. The van der Waals surface area contributed by atoms with Gasteiger partial charge < -0.3 is 4.74 Å². The molecule has 0 fully saturated rings. The zero-order valence-corrected chi connectivity index (χ0v) is 18.5. The van der Waals surface area contributed by atoms with Gasteiger partial charge in [0.25, 0.3) is 5.91 Å². The average Bonchev–Trinajstić information content (AvgIpc) is 2.77. The molecule has 0 N–H and O–H groups in total. The van der Waals surface area contributed by atoms with Gasteiger partial charge in [0, 0.05) is 10.6 Å². The fourth-order valence-electron chi connectivity index (χ4n) is 3.68. The quantitative estimate of drug-likeness (QED) is 0.503. The third kappa shape index (κ3) is 4.39. The van der Waals surface area contributed by atoms with E-state index in [9.17, 15) is 4.79 Å². The van der Waals surface area contributed by atoms with Gasteiger partial charge >= 0.3 is 0 Å². The molecule has 30 heavy (non-hydrogen) atoms. The summed E-state index contributed by atoms with van der Waals surface area (Å²) in [5, 5.41) is 0. The Morgan fingerprint density at radius 3 is 2.33 bits per heavy atom. The number of hydrogen-bond acceptors (Lipinski definition) is 3. The van der Waals surface area contributed by atoms with E-state index in [2.05, 4.69) is 51.1 Å². The molecule has 1 atom stereocenters. The summed E-state index contributed by atoms with van der Waals surface area (Å²) in [6.45, 7) is 6.56. The summed E-state index contributed by atoms with van der Waals surface area (Å²) in [4.78, 5) is 16.4. The van der Waals surface area contributed by atoms with Crippen LogP contribution in [0.1, 0.15) is 37.9 Å². The molecule has 1 aliphatic heterocycles. The maximum atomic E-state index is 13.3. The van der Waals surface area contributed by atoms with Gasteiger partial charge in [-0.1, -0.05) is 75.4 Å². The molecule has 0 aliphatic carbocycles. The molecule has 0 unspecified atom stereocenters. The largest absolute Gasteiger partial charge is 0.484 e. The maximum Gasteiger partial charge on any atom is 0.265 e. The predicted molar refractivity (Wildman–Crippen MR) is 124 cm³/mol. The Labute approximate surface area is 183 Å². The number of carbonyl (C=O) groups is 1. The van der Waals surface area contributed by atoms with E-state index < -0.39 is 0 Å². The molecule has 154 valence electrons. The molecule has 1 heterocycles. The normalized spacial score (nSPS) is 16.1. The zero-order chi connectivity index (χ0) is 21.1. The molecular formula is C26H27NO2S. The summed E-state index contributed by atoms with van der Waals surface area (Å²) in [6.07, 6.45) is 0. The molecule has 0 saturated heterocycles. The maximum absolute atomic E-state index is 13.3. The van der Waals surface area contributed by atoms with Crippen molar-refractivity contribution in [3.63, 3.8) is 0 Å². The minimum atomic E-state index is -0.0310. The van der Waals surface area contributed by atoms with Crippen molar-refractivity contribution >= 4 is 23.4 Å². The molecule has 0 spiro atoms. The standard InChI is InChI=1S/C26H27NO2S/c1-26(2,3)20-13-15-21(16-14-20)29-17-25(28)27-22-11-7-8-12-24(22)30-18-23(27)19-9-5-4-6-10-19/h4-16,23H,17-18H2,1-3H3/t23-/m0/s1. The third-order valence-electron chi connectivity index (χ3n) is 5.37. The molecule has 0 saturated carbocycles. The lowest BCUT2D eigenvalue weighted by Crippen LogP contribution is -2.41. The van der Waals surface area contributed by atoms with Crippen molar-refractivity contribution in [2.45, 2.75) is 37.1 Å². The number of carbonyl (C=O) groups excluding carboxylic acids is 1. The van der Waals surface area contributed by atoms with E-state index in [1.54, 1.807) is 11.8 Å². The monoisotopic (exact) mass is 417 g/mol. The van der Waals surface area contributed by atoms with E-state index in [1.807, 2.05) is 53.4 Å². The first-order chi connectivity index (χ1) is 14.4. The van der Waals surface area contributed by atoms with E-state index >= 15 is 0 Å². The van der Waals surface area contributed by atoms with Gasteiger partial charge in [0.2, 0.25) is 0 Å². The summed E-state index contributed by atoms with van der Waals surface area (Å²) in [5.74, 6) is 1.51. The van der Waals surface area contributed by atoms with Gasteiger partial charge in [-0.2, -0.15) is 0 Å². The molecule has 1 amide bonds. The minimum Gasteiger partial charge on any atom is -0.484 e. The Morgan fingerprint density at radius 2 is 1.63 bits per heavy atom. The van der Waals surface area contributed by atoms with Crippen molar-refractivity contribution in [2.24, 2.45) is 0 Å². The summed E-state index contributed by atoms with van der Waals surface area (Å²) in [7, 11) is 0. The number of benzene rings is 3. The van der Waals surface area contributed by atoms with Crippen LogP contribution in [0.3, 0.4) is 0 Å². The first kappa shape index (κ1) is 20.5. The number of thioether (sulfide) groups is 1. The highest BCUT2D eigenvalue weighted by atomic mass is 32.2. The topological polar surface area (TPSA) is 29.5 Å². The number of amides is 1. The molecule has 0 bridgehead atoms. The SMILES string of the molecule is CC(C)(C)c1ccc(OCC(=O)N2c3ccccc3SC[C@H]2c2ccccc2)cc1. The molecule has 3 aromatic carbocycles. The molecule has 3 nitrogen and oxygen atoms in total. The van der Waals surface area contributed by atoms with Crippen LogP contribution in [0, 0.1) is 0 Å². The van der Waals surface area contributed by atoms with Crippen LogP contribution >= 0.6 is 11.8 Å². The third-order valence-corrected chi connectivity index (χ3v) is 6.51. The van der Waals surface area contributed by atoms with Gasteiger partial charge in [-0.3, -0.25) is 9.69 Å². The fraction of sp³-hybridized carbons (Fsp3) is 0.269. The van der Waals surface area contributed by atoms with Crippen LogP contribution in [0.25, 0.3) is 0 Å².